The van der Waals surface area contributed by atoms with Crippen LogP contribution < -0.4 is 20.1 Å². The van der Waals surface area contributed by atoms with E-state index in [0.29, 0.717) is 48.5 Å². The topological polar surface area (TPSA) is 83.6 Å². The van der Waals surface area contributed by atoms with Gasteiger partial charge in [0.1, 0.15) is 16.6 Å². The summed E-state index contributed by atoms with van der Waals surface area (Å²) in [7, 11) is 0. The molecule has 1 N–H and O–H groups in total. The SMILES string of the molecule is O=c1cc(N2CCOCC2)cc(-c2nccc3c2Oc2ccc(N(Cc4cccc(Cl)n4)c4ccccc4)cc2C3)[nH]1. The number of ether oxygens (including phenoxy) is 2. The average Bonchev–Trinajstić information content (AvgIpc) is 3.03. The molecule has 2 aromatic carbocycles. The summed E-state index contributed by atoms with van der Waals surface area (Å²) in [6, 6.07) is 27.7. The lowest BCUT2D eigenvalue weighted by atomic mass is 9.98. The summed E-state index contributed by atoms with van der Waals surface area (Å²) in [6.07, 6.45) is 2.44. The Kier molecular flexibility index (Phi) is 7.07. The first-order valence-electron chi connectivity index (χ1n) is 13.9. The second kappa shape index (κ2) is 11.3. The maximum atomic E-state index is 12.7. The molecule has 0 saturated carbocycles. The number of nitrogens with zero attached hydrogens (tertiary/aromatic N) is 4. The first-order valence-corrected chi connectivity index (χ1v) is 14.3. The van der Waals surface area contributed by atoms with Gasteiger partial charge >= 0.3 is 0 Å². The molecule has 7 rings (SSSR count). The van der Waals surface area contributed by atoms with Gasteiger partial charge in [-0.2, -0.15) is 0 Å². The number of para-hydroxylation sites is 1. The van der Waals surface area contributed by atoms with Crippen molar-refractivity contribution in [1.82, 2.24) is 15.0 Å². The van der Waals surface area contributed by atoms with Crippen molar-refractivity contribution in [3.8, 4) is 22.9 Å². The molecule has 0 atom stereocenters. The van der Waals surface area contributed by atoms with Crippen LogP contribution in [0.5, 0.6) is 11.5 Å². The second-order valence-corrected chi connectivity index (χ2v) is 10.7. The summed E-state index contributed by atoms with van der Waals surface area (Å²) in [4.78, 5) is 29.2. The predicted molar refractivity (Wildman–Crippen MR) is 164 cm³/mol. The number of pyridine rings is 3. The molecule has 5 aromatic rings. The van der Waals surface area contributed by atoms with Crippen LogP contribution in [0.4, 0.5) is 17.1 Å². The Morgan fingerprint density at radius 2 is 1.76 bits per heavy atom. The molecule has 2 aliphatic heterocycles. The number of hydrogen-bond acceptors (Lipinski definition) is 7. The van der Waals surface area contributed by atoms with Gasteiger partial charge in [0, 0.05) is 60.0 Å². The summed E-state index contributed by atoms with van der Waals surface area (Å²) < 4.78 is 12.0. The van der Waals surface area contributed by atoms with Crippen molar-refractivity contribution in [2.75, 3.05) is 36.1 Å². The minimum atomic E-state index is -0.176. The molecule has 0 spiro atoms. The molecule has 0 unspecified atom stereocenters. The van der Waals surface area contributed by atoms with Crippen LogP contribution >= 0.6 is 11.6 Å². The second-order valence-electron chi connectivity index (χ2n) is 10.3. The third kappa shape index (κ3) is 5.34. The summed E-state index contributed by atoms with van der Waals surface area (Å²) in [5.74, 6) is 1.43. The molecule has 1 fully saturated rings. The average molecular weight is 578 g/mol. The number of anilines is 3. The highest BCUT2D eigenvalue weighted by Crippen LogP contribution is 2.43. The maximum absolute atomic E-state index is 12.7. The lowest BCUT2D eigenvalue weighted by Crippen LogP contribution is -2.36. The molecule has 3 aromatic heterocycles. The van der Waals surface area contributed by atoms with Gasteiger partial charge in [-0.25, -0.2) is 4.98 Å². The normalized spacial score (nSPS) is 14.1. The van der Waals surface area contributed by atoms with E-state index in [1.165, 1.54) is 0 Å². The summed E-state index contributed by atoms with van der Waals surface area (Å²) in [5.41, 5.74) is 6.93. The van der Waals surface area contributed by atoms with Gasteiger partial charge in [0.05, 0.1) is 31.1 Å². The molecule has 9 heteroatoms. The highest BCUT2D eigenvalue weighted by atomic mass is 35.5. The van der Waals surface area contributed by atoms with Crippen LogP contribution in [-0.4, -0.2) is 41.3 Å². The van der Waals surface area contributed by atoms with Crippen molar-refractivity contribution in [3.05, 3.63) is 123 Å². The van der Waals surface area contributed by atoms with E-state index in [-0.39, 0.29) is 5.56 Å². The standard InChI is InChI=1S/C33H28ClN5O3/c34-30-8-4-5-24(36-30)21-39(25-6-2-1-3-7-25)26-9-10-29-23(18-26)17-22-11-12-35-32(33(22)42-29)28-19-27(20-31(40)37-28)38-13-15-41-16-14-38/h1-12,18-20H,13-17,21H2,(H,37,40). The molecular formula is C33H28ClN5O3. The van der Waals surface area contributed by atoms with Gasteiger partial charge in [-0.3, -0.25) is 9.78 Å². The Morgan fingerprint density at radius 3 is 2.60 bits per heavy atom. The van der Waals surface area contributed by atoms with E-state index in [9.17, 15) is 4.79 Å². The Bertz CT molecular complexity index is 1800. The van der Waals surface area contributed by atoms with Gasteiger partial charge in [0.25, 0.3) is 5.56 Å². The van der Waals surface area contributed by atoms with Gasteiger partial charge in [0.2, 0.25) is 0 Å². The fraction of sp³-hybridized carbons (Fsp3) is 0.182. The number of nitrogens with one attached hydrogen (secondary N) is 1. The maximum Gasteiger partial charge on any atom is 0.250 e. The number of benzene rings is 2. The largest absolute Gasteiger partial charge is 0.454 e. The quantitative estimate of drug-likeness (QED) is 0.231. The zero-order chi connectivity index (χ0) is 28.5. The number of aromatic amines is 1. The number of aromatic nitrogens is 3. The van der Waals surface area contributed by atoms with Crippen LogP contribution in [0, 0.1) is 0 Å². The number of fused-ring (bicyclic) bond motifs is 2. The number of halogens is 1. The van der Waals surface area contributed by atoms with Crippen LogP contribution in [0.2, 0.25) is 5.15 Å². The molecule has 0 amide bonds. The van der Waals surface area contributed by atoms with E-state index in [2.05, 4.69) is 49.0 Å². The van der Waals surface area contributed by atoms with E-state index in [1.54, 1.807) is 18.3 Å². The monoisotopic (exact) mass is 577 g/mol. The van der Waals surface area contributed by atoms with E-state index in [4.69, 9.17) is 21.1 Å². The molecule has 42 heavy (non-hydrogen) atoms. The fourth-order valence-corrected chi connectivity index (χ4v) is 5.70. The molecule has 0 bridgehead atoms. The van der Waals surface area contributed by atoms with Crippen molar-refractivity contribution in [2.24, 2.45) is 0 Å². The van der Waals surface area contributed by atoms with Crippen molar-refractivity contribution in [1.29, 1.82) is 0 Å². The smallest absolute Gasteiger partial charge is 0.250 e. The van der Waals surface area contributed by atoms with Crippen LogP contribution in [0.3, 0.4) is 0 Å². The molecule has 5 heterocycles. The fourth-order valence-electron chi connectivity index (χ4n) is 5.52. The Morgan fingerprint density at radius 1 is 0.905 bits per heavy atom. The van der Waals surface area contributed by atoms with Crippen molar-refractivity contribution >= 4 is 28.7 Å². The number of morpholine rings is 1. The van der Waals surface area contributed by atoms with E-state index in [1.807, 2.05) is 48.5 Å². The molecule has 0 radical (unpaired) electrons. The van der Waals surface area contributed by atoms with Gasteiger partial charge in [-0.1, -0.05) is 35.9 Å². The zero-order valence-electron chi connectivity index (χ0n) is 22.8. The minimum Gasteiger partial charge on any atom is -0.454 e. The third-order valence-corrected chi connectivity index (χ3v) is 7.77. The third-order valence-electron chi connectivity index (χ3n) is 7.56. The Labute approximate surface area is 248 Å². The van der Waals surface area contributed by atoms with Crippen LogP contribution in [0.1, 0.15) is 16.8 Å². The zero-order valence-corrected chi connectivity index (χ0v) is 23.6. The molecule has 8 nitrogen and oxygen atoms in total. The minimum absolute atomic E-state index is 0.176. The number of rotatable bonds is 6. The Hall–Kier alpha value is -4.66. The van der Waals surface area contributed by atoms with E-state index >= 15 is 0 Å². The molecule has 0 aliphatic carbocycles. The van der Waals surface area contributed by atoms with E-state index < -0.39 is 0 Å². The van der Waals surface area contributed by atoms with Gasteiger partial charge in [-0.05, 0) is 54.6 Å². The van der Waals surface area contributed by atoms with E-state index in [0.717, 1.165) is 52.7 Å². The molecule has 2 aliphatic rings. The van der Waals surface area contributed by atoms with Crippen LogP contribution in [-0.2, 0) is 17.7 Å². The van der Waals surface area contributed by atoms with Crippen molar-refractivity contribution in [3.63, 3.8) is 0 Å². The lowest BCUT2D eigenvalue weighted by Gasteiger charge is -2.29. The predicted octanol–water partition coefficient (Wildman–Crippen LogP) is 6.36. The highest BCUT2D eigenvalue weighted by molar-refractivity contribution is 6.29. The molecule has 210 valence electrons. The lowest BCUT2D eigenvalue weighted by molar-refractivity contribution is 0.122. The molecular weight excluding hydrogens is 550 g/mol. The van der Waals surface area contributed by atoms with Crippen LogP contribution in [0.25, 0.3) is 11.4 Å². The highest BCUT2D eigenvalue weighted by Gasteiger charge is 2.24. The first-order chi connectivity index (χ1) is 20.6. The van der Waals surface area contributed by atoms with Crippen molar-refractivity contribution < 1.29 is 9.47 Å². The van der Waals surface area contributed by atoms with Gasteiger partial charge in [0.15, 0.2) is 5.75 Å². The summed E-state index contributed by atoms with van der Waals surface area (Å²) in [5, 5.41) is 0.470. The summed E-state index contributed by atoms with van der Waals surface area (Å²) >= 11 is 6.20. The summed E-state index contributed by atoms with van der Waals surface area (Å²) in [6.45, 7) is 3.31. The van der Waals surface area contributed by atoms with Crippen LogP contribution in [0.15, 0.2) is 95.9 Å². The van der Waals surface area contributed by atoms with Gasteiger partial charge < -0.3 is 24.3 Å². The first kappa shape index (κ1) is 26.3. The molecule has 1 saturated heterocycles. The van der Waals surface area contributed by atoms with Gasteiger partial charge in [-0.15, -0.1) is 0 Å². The number of hydrogen-bond donors (Lipinski definition) is 1. The van der Waals surface area contributed by atoms with Crippen molar-refractivity contribution in [2.45, 2.75) is 13.0 Å². The Balaban J connectivity index is 1.22. The number of H-pyrrole nitrogens is 1.